The van der Waals surface area contributed by atoms with Gasteiger partial charge < -0.3 is 9.30 Å². The number of ether oxygens (including phenoxy) is 1. The second kappa shape index (κ2) is 16.0. The predicted molar refractivity (Wildman–Crippen MR) is 250 cm³/mol. The van der Waals surface area contributed by atoms with E-state index in [9.17, 15) is 9.65 Å². The van der Waals surface area contributed by atoms with Gasteiger partial charge in [0.1, 0.15) is 17.3 Å². The van der Waals surface area contributed by atoms with Gasteiger partial charge in [-0.3, -0.25) is 0 Å². The van der Waals surface area contributed by atoms with Crippen molar-refractivity contribution in [1.82, 2.24) is 18.7 Å². The minimum absolute atomic E-state index is 0. The molecule has 0 fully saturated rings. The zero-order chi connectivity index (χ0) is 43.7. The third kappa shape index (κ3) is 8.18. The van der Waals surface area contributed by atoms with Gasteiger partial charge in [-0.15, -0.1) is 23.6 Å². The number of hydrogen-bond donors (Lipinski definition) is 0. The Hall–Kier alpha value is -6.44. The Kier molecular flexibility index (Phi) is 11.0. The molecule has 0 bridgehead atoms. The number of aromatic nitrogens is 2. The van der Waals surface area contributed by atoms with E-state index >= 15 is 0 Å². The van der Waals surface area contributed by atoms with Gasteiger partial charge in [-0.1, -0.05) is 109 Å². The van der Waals surface area contributed by atoms with Crippen molar-refractivity contribution in [1.29, 1.82) is 5.26 Å². The fraction of sp³-hybridized carbons (Fsp3) is 0.218. The average molecular weight is 1010 g/mol. The molecule has 0 radical (unpaired) electrons. The summed E-state index contributed by atoms with van der Waals surface area (Å²) in [6.45, 7) is 19.9. The van der Waals surface area contributed by atoms with Crippen LogP contribution in [0.25, 0.3) is 38.8 Å². The van der Waals surface area contributed by atoms with Crippen molar-refractivity contribution >= 4 is 50.6 Å². The molecule has 0 amide bonds. The van der Waals surface area contributed by atoms with E-state index in [0.717, 1.165) is 61.4 Å². The van der Waals surface area contributed by atoms with E-state index in [0.29, 0.717) is 22.7 Å². The summed E-state index contributed by atoms with van der Waals surface area (Å²) in [5.41, 5.74) is 10.6. The number of nitriles is 1. The zero-order valence-corrected chi connectivity index (χ0v) is 39.2. The van der Waals surface area contributed by atoms with Crippen LogP contribution in [0.2, 0.25) is 0 Å². The van der Waals surface area contributed by atoms with Gasteiger partial charge in [-0.25, -0.2) is 9.37 Å². The molecule has 2 aromatic heterocycles. The van der Waals surface area contributed by atoms with Crippen molar-refractivity contribution in [3.63, 3.8) is 0 Å². The molecule has 9 rings (SSSR count). The number of pyridine rings is 1. The van der Waals surface area contributed by atoms with Crippen LogP contribution in [0.15, 0.2) is 128 Å². The average Bonchev–Trinajstić information content (AvgIpc) is 3.78. The summed E-state index contributed by atoms with van der Waals surface area (Å²) in [5.74, 6) is 1.45. The third-order valence-electron chi connectivity index (χ3n) is 11.6. The summed E-state index contributed by atoms with van der Waals surface area (Å²) in [6.07, 6.45) is 1.84. The number of para-hydroxylation sites is 1. The van der Waals surface area contributed by atoms with Crippen LogP contribution in [0.5, 0.6) is 11.5 Å². The van der Waals surface area contributed by atoms with Gasteiger partial charge in [0, 0.05) is 41.4 Å². The summed E-state index contributed by atoms with van der Waals surface area (Å²) in [6, 6.07) is 52.3. The third-order valence-corrected chi connectivity index (χ3v) is 11.6. The fourth-order valence-corrected chi connectivity index (χ4v) is 8.06. The van der Waals surface area contributed by atoms with Crippen molar-refractivity contribution in [2.24, 2.45) is 0 Å². The summed E-state index contributed by atoms with van der Waals surface area (Å²) in [4.78, 5) is 4.81. The quantitative estimate of drug-likeness (QED) is 0.123. The van der Waals surface area contributed by atoms with E-state index in [1.807, 2.05) is 83.6 Å². The Bertz CT molecular complexity index is 3200. The first-order valence-electron chi connectivity index (χ1n) is 21.0. The molecule has 3 heterocycles. The normalized spacial score (nSPS) is 12.7. The van der Waals surface area contributed by atoms with Crippen LogP contribution in [-0.2, 0) is 37.3 Å². The van der Waals surface area contributed by atoms with Crippen molar-refractivity contribution < 1.29 is 30.2 Å². The summed E-state index contributed by atoms with van der Waals surface area (Å²) < 4.78 is 27.6. The molecule has 1 aliphatic rings. The Morgan fingerprint density at radius 2 is 1.38 bits per heavy atom. The van der Waals surface area contributed by atoms with Gasteiger partial charge in [0.05, 0.1) is 17.2 Å². The molecular formula is C55H48FN5OPt+2. The van der Waals surface area contributed by atoms with Gasteiger partial charge in [0.15, 0.2) is 0 Å². The fourth-order valence-electron chi connectivity index (χ4n) is 8.06. The number of nitrogens with zero attached hydrogens (tertiary/aromatic N) is 5. The number of benzene rings is 6. The molecule has 314 valence electrons. The Morgan fingerprint density at radius 3 is 2.08 bits per heavy atom. The molecular weight excluding hydrogens is 961 g/mol. The van der Waals surface area contributed by atoms with Gasteiger partial charge >= 0.3 is 32.8 Å². The maximum Gasteiger partial charge on any atom is 2.00 e. The Labute approximate surface area is 383 Å². The van der Waals surface area contributed by atoms with E-state index in [4.69, 9.17) is 9.72 Å². The maximum absolute atomic E-state index is 14.8. The van der Waals surface area contributed by atoms with E-state index in [1.165, 1.54) is 17.2 Å². The van der Waals surface area contributed by atoms with E-state index in [1.54, 1.807) is 12.1 Å². The zero-order valence-electron chi connectivity index (χ0n) is 37.0. The van der Waals surface area contributed by atoms with Gasteiger partial charge in [-0.2, -0.15) is 17.4 Å². The van der Waals surface area contributed by atoms with Crippen LogP contribution in [0.1, 0.15) is 84.6 Å². The smallest absolute Gasteiger partial charge is 0.509 e. The predicted octanol–water partition coefficient (Wildman–Crippen LogP) is 14.0. The van der Waals surface area contributed by atoms with Crippen LogP contribution in [0.3, 0.4) is 0 Å². The molecule has 6 aromatic carbocycles. The van der Waals surface area contributed by atoms with E-state index in [2.05, 4.69) is 126 Å². The van der Waals surface area contributed by atoms with Crippen LogP contribution >= 0.6 is 0 Å². The number of rotatable bonds is 6. The van der Waals surface area contributed by atoms with Crippen molar-refractivity contribution in [2.45, 2.75) is 78.6 Å². The van der Waals surface area contributed by atoms with Gasteiger partial charge in [0.25, 0.3) is 5.69 Å². The molecule has 0 spiro atoms. The van der Waals surface area contributed by atoms with Crippen LogP contribution in [0, 0.1) is 29.3 Å². The molecule has 0 saturated heterocycles. The Morgan fingerprint density at radius 1 is 0.683 bits per heavy atom. The number of halogens is 1. The molecule has 6 nitrogen and oxygen atoms in total. The minimum atomic E-state index is -0.297. The van der Waals surface area contributed by atoms with Crippen LogP contribution in [-0.4, -0.2) is 15.6 Å². The maximum atomic E-state index is 14.8. The molecule has 8 aromatic rings. The molecule has 8 heteroatoms. The molecule has 1 aliphatic heterocycles. The first-order valence-corrected chi connectivity index (χ1v) is 21.0. The van der Waals surface area contributed by atoms with Gasteiger partial charge in [-0.05, 0) is 97.0 Å². The first-order chi connectivity index (χ1) is 29.5. The first kappa shape index (κ1) is 43.2. The number of hydrogen-bond acceptors (Lipinski definition) is 3. The number of fused-ring (bicyclic) bond motifs is 4. The monoisotopic (exact) mass is 1010 g/mol. The Balaban J connectivity index is 0.00000544. The topological polar surface area (TPSA) is 56.9 Å². The molecule has 0 aliphatic carbocycles. The van der Waals surface area contributed by atoms with Crippen molar-refractivity contribution in [2.75, 3.05) is 0 Å². The molecule has 0 unspecified atom stereocenters. The van der Waals surface area contributed by atoms with Crippen molar-refractivity contribution in [3.8, 4) is 34.5 Å². The van der Waals surface area contributed by atoms with E-state index in [-0.39, 0.29) is 43.1 Å². The summed E-state index contributed by atoms with van der Waals surface area (Å²) in [7, 11) is 0. The minimum Gasteiger partial charge on any atom is -0.509 e. The summed E-state index contributed by atoms with van der Waals surface area (Å²) in [5, 5.41) is 11.7. The van der Waals surface area contributed by atoms with Crippen molar-refractivity contribution in [3.05, 3.63) is 168 Å². The second-order valence-electron chi connectivity index (χ2n) is 19.1. The van der Waals surface area contributed by atoms with E-state index < -0.39 is 0 Å². The standard InChI is InChI=1S/C55H48FN5O.Pt/c1-53(2,3)37-23-24-58-51(30-37)61-48-22-19-35(33-57)25-47(48)46-21-20-44(32-50(46)61)62-43-16-11-15-41(31-43)59-34-60(42-28-38(54(4,5)6)27-39(29-42)55(7,8)9)52-45(17-12-18-49(52)59)36-13-10-14-40(56)26-36;/h10-30H,1-9H3;/q;+2. The molecule has 0 saturated carbocycles. The molecule has 0 atom stereocenters. The SMILES string of the molecule is CC(C)(C)c1cc([N+]2=C=[N+](c3[c-]c(Oc4[c-]c5c(cc4)c4cc(C#N)ccc4n5-c4cc(C(C)(C)C)ccn4)ccc3)c3cccc(-c4cccc(F)c4)c32)cc(C(C)(C)C)c1.[Pt+2]. The molecule has 0 N–H and O–H groups in total. The van der Waals surface area contributed by atoms with Gasteiger partial charge in [0.2, 0.25) is 5.69 Å². The van der Waals surface area contributed by atoms with Crippen LogP contribution < -0.4 is 13.9 Å². The molecule has 63 heavy (non-hydrogen) atoms. The summed E-state index contributed by atoms with van der Waals surface area (Å²) >= 11 is 0. The largest absolute Gasteiger partial charge is 2.00 e. The second-order valence-corrected chi connectivity index (χ2v) is 19.1. The van der Waals surface area contributed by atoms with Crippen LogP contribution in [0.4, 0.5) is 27.1 Å².